The van der Waals surface area contributed by atoms with Gasteiger partial charge in [-0.25, -0.2) is 9.37 Å². The number of halogens is 1. The molecule has 0 saturated heterocycles. The Labute approximate surface area is 173 Å². The Morgan fingerprint density at radius 3 is 2.73 bits per heavy atom. The first-order chi connectivity index (χ1) is 14.4. The number of hydrogen-bond donors (Lipinski definition) is 4. The summed E-state index contributed by atoms with van der Waals surface area (Å²) in [5, 5.41) is 6.07. The average Bonchev–Trinajstić information content (AvgIpc) is 3.24. The number of carbonyl (C=O) groups excluding carboxylic acids is 1. The van der Waals surface area contributed by atoms with Gasteiger partial charge in [-0.15, -0.1) is 0 Å². The fourth-order valence-electron chi connectivity index (χ4n) is 3.03. The topological polar surface area (TPSA) is 132 Å². The number of hydrogen-bond acceptors (Lipinski definition) is 7. The van der Waals surface area contributed by atoms with Gasteiger partial charge in [-0.2, -0.15) is 0 Å². The third-order valence-corrected chi connectivity index (χ3v) is 4.59. The molecule has 6 N–H and O–H groups in total. The molecule has 0 radical (unpaired) electrons. The molecule has 2 atom stereocenters. The van der Waals surface area contributed by atoms with Crippen molar-refractivity contribution in [3.63, 3.8) is 0 Å². The smallest absolute Gasteiger partial charge is 0.252 e. The Bertz CT molecular complexity index is 1010. The normalized spacial score (nSPS) is 12.9. The summed E-state index contributed by atoms with van der Waals surface area (Å²) in [6, 6.07) is 7.64. The first kappa shape index (κ1) is 21.3. The predicted molar refractivity (Wildman–Crippen MR) is 114 cm³/mol. The van der Waals surface area contributed by atoms with E-state index in [1.165, 1.54) is 0 Å². The van der Waals surface area contributed by atoms with Crippen LogP contribution in [0.5, 0.6) is 0 Å². The summed E-state index contributed by atoms with van der Waals surface area (Å²) in [5.74, 6) is -0.765. The van der Waals surface area contributed by atoms with Gasteiger partial charge in [0.2, 0.25) is 0 Å². The molecule has 3 aromatic heterocycles. The van der Waals surface area contributed by atoms with Crippen molar-refractivity contribution >= 4 is 23.2 Å². The summed E-state index contributed by atoms with van der Waals surface area (Å²) in [7, 11) is 0. The molecule has 0 saturated carbocycles. The van der Waals surface area contributed by atoms with Crippen LogP contribution in [-0.2, 0) is 0 Å². The number of amides is 1. The largest absolute Gasteiger partial charge is 0.463 e. The quantitative estimate of drug-likeness (QED) is 0.422. The number of furan rings is 1. The number of rotatable bonds is 9. The average molecular weight is 412 g/mol. The van der Waals surface area contributed by atoms with Gasteiger partial charge in [0.05, 0.1) is 11.8 Å². The lowest BCUT2D eigenvalue weighted by Gasteiger charge is -2.23. The van der Waals surface area contributed by atoms with Crippen molar-refractivity contribution in [3.05, 3.63) is 54.2 Å². The minimum Gasteiger partial charge on any atom is -0.463 e. The summed E-state index contributed by atoms with van der Waals surface area (Å²) in [4.78, 5) is 20.4. The van der Waals surface area contributed by atoms with Crippen LogP contribution in [0.1, 0.15) is 37.0 Å². The van der Waals surface area contributed by atoms with Crippen molar-refractivity contribution in [2.24, 2.45) is 11.5 Å². The highest BCUT2D eigenvalue weighted by molar-refractivity contribution is 5.98. The summed E-state index contributed by atoms with van der Waals surface area (Å²) in [6.07, 6.45) is 4.75. The SMILES string of the molecule is CCC[C@@H](Nc1nc(Nc2ccnc(-c3ccco3)c2)c(C(N)=O)cc1F)[C@H](C)N. The second-order valence-electron chi connectivity index (χ2n) is 7.01. The van der Waals surface area contributed by atoms with Crippen LogP contribution in [0.2, 0.25) is 0 Å². The van der Waals surface area contributed by atoms with Gasteiger partial charge < -0.3 is 26.5 Å². The second kappa shape index (κ2) is 9.36. The molecule has 0 fully saturated rings. The minimum atomic E-state index is -0.798. The molecule has 0 aliphatic heterocycles. The van der Waals surface area contributed by atoms with Crippen molar-refractivity contribution < 1.29 is 13.6 Å². The van der Waals surface area contributed by atoms with E-state index in [-0.39, 0.29) is 29.3 Å². The van der Waals surface area contributed by atoms with Crippen LogP contribution >= 0.6 is 0 Å². The number of anilines is 3. The number of nitrogens with two attached hydrogens (primary N) is 2. The van der Waals surface area contributed by atoms with Gasteiger partial charge >= 0.3 is 0 Å². The van der Waals surface area contributed by atoms with Crippen molar-refractivity contribution in [1.82, 2.24) is 9.97 Å². The van der Waals surface area contributed by atoms with Crippen LogP contribution in [-0.4, -0.2) is 28.0 Å². The molecule has 0 aliphatic rings. The minimum absolute atomic E-state index is 0.00133. The fraction of sp³-hybridized carbons (Fsp3) is 0.286. The van der Waals surface area contributed by atoms with E-state index in [0.29, 0.717) is 17.1 Å². The molecule has 1 amide bonds. The first-order valence-corrected chi connectivity index (χ1v) is 9.68. The van der Waals surface area contributed by atoms with Crippen LogP contribution in [0.15, 0.2) is 47.2 Å². The molecule has 3 heterocycles. The molecule has 0 bridgehead atoms. The van der Waals surface area contributed by atoms with E-state index in [4.69, 9.17) is 15.9 Å². The van der Waals surface area contributed by atoms with Gasteiger partial charge in [0, 0.05) is 24.0 Å². The van der Waals surface area contributed by atoms with Crippen LogP contribution in [0, 0.1) is 5.82 Å². The van der Waals surface area contributed by atoms with Gasteiger partial charge in [-0.3, -0.25) is 9.78 Å². The second-order valence-corrected chi connectivity index (χ2v) is 7.01. The van der Waals surface area contributed by atoms with Crippen molar-refractivity contribution in [3.8, 4) is 11.5 Å². The van der Waals surface area contributed by atoms with Crippen LogP contribution < -0.4 is 22.1 Å². The Balaban J connectivity index is 1.95. The lowest BCUT2D eigenvalue weighted by Crippen LogP contribution is -2.38. The highest BCUT2D eigenvalue weighted by Crippen LogP contribution is 2.27. The summed E-state index contributed by atoms with van der Waals surface area (Å²) < 4.78 is 20.0. The molecule has 8 nitrogen and oxygen atoms in total. The Morgan fingerprint density at radius 1 is 1.30 bits per heavy atom. The van der Waals surface area contributed by atoms with E-state index in [1.54, 1.807) is 36.7 Å². The molecule has 3 aromatic rings. The monoisotopic (exact) mass is 412 g/mol. The zero-order valence-corrected chi connectivity index (χ0v) is 16.9. The van der Waals surface area contributed by atoms with E-state index in [0.717, 1.165) is 18.9 Å². The van der Waals surface area contributed by atoms with E-state index in [2.05, 4.69) is 20.6 Å². The molecule has 30 heavy (non-hydrogen) atoms. The van der Waals surface area contributed by atoms with Gasteiger partial charge in [-0.05, 0) is 43.7 Å². The van der Waals surface area contributed by atoms with Gasteiger partial charge in [0.1, 0.15) is 11.5 Å². The Morgan fingerprint density at radius 2 is 2.10 bits per heavy atom. The Hall–Kier alpha value is -3.46. The molecule has 9 heteroatoms. The maximum atomic E-state index is 14.6. The molecule has 0 unspecified atom stereocenters. The molecular formula is C21H25FN6O2. The zero-order chi connectivity index (χ0) is 21.7. The van der Waals surface area contributed by atoms with Crippen molar-refractivity contribution in [1.29, 1.82) is 0 Å². The fourth-order valence-corrected chi connectivity index (χ4v) is 3.03. The summed E-state index contributed by atoms with van der Waals surface area (Å²) in [6.45, 7) is 3.86. The lowest BCUT2D eigenvalue weighted by atomic mass is 10.1. The molecule has 0 aromatic carbocycles. The number of primary amides is 1. The molecule has 0 aliphatic carbocycles. The van der Waals surface area contributed by atoms with E-state index in [9.17, 15) is 9.18 Å². The number of nitrogens with one attached hydrogen (secondary N) is 2. The lowest BCUT2D eigenvalue weighted by molar-refractivity contribution is 0.100. The highest BCUT2D eigenvalue weighted by Gasteiger charge is 2.20. The van der Waals surface area contributed by atoms with Crippen LogP contribution in [0.25, 0.3) is 11.5 Å². The Kier molecular flexibility index (Phi) is 6.63. The third-order valence-electron chi connectivity index (χ3n) is 4.59. The molecule has 3 rings (SSSR count). The van der Waals surface area contributed by atoms with Gasteiger partial charge in [-0.1, -0.05) is 13.3 Å². The third kappa shape index (κ3) is 4.93. The van der Waals surface area contributed by atoms with Gasteiger partial charge in [0.25, 0.3) is 5.91 Å². The highest BCUT2D eigenvalue weighted by atomic mass is 19.1. The summed E-state index contributed by atoms with van der Waals surface area (Å²) >= 11 is 0. The molecular weight excluding hydrogens is 387 g/mol. The van der Waals surface area contributed by atoms with Crippen molar-refractivity contribution in [2.45, 2.75) is 38.8 Å². The van der Waals surface area contributed by atoms with Crippen LogP contribution in [0.3, 0.4) is 0 Å². The molecule has 0 spiro atoms. The van der Waals surface area contributed by atoms with Gasteiger partial charge in [0.15, 0.2) is 17.4 Å². The van der Waals surface area contributed by atoms with E-state index < -0.39 is 11.7 Å². The van der Waals surface area contributed by atoms with E-state index >= 15 is 0 Å². The number of nitrogens with zero attached hydrogens (tertiary/aromatic N) is 2. The van der Waals surface area contributed by atoms with Crippen molar-refractivity contribution in [2.75, 3.05) is 10.6 Å². The first-order valence-electron chi connectivity index (χ1n) is 9.68. The zero-order valence-electron chi connectivity index (χ0n) is 16.9. The maximum absolute atomic E-state index is 14.6. The number of carbonyl (C=O) groups is 1. The predicted octanol–water partition coefficient (Wildman–Crippen LogP) is 3.65. The maximum Gasteiger partial charge on any atom is 0.252 e. The number of aromatic nitrogens is 2. The van der Waals surface area contributed by atoms with Crippen LogP contribution in [0.4, 0.5) is 21.7 Å². The summed E-state index contributed by atoms with van der Waals surface area (Å²) in [5.41, 5.74) is 12.5. The standard InChI is InChI=1S/C21H25FN6O2/c1-3-5-16(12(2)23)27-21-15(22)11-14(19(24)29)20(28-21)26-13-7-8-25-17(10-13)18-6-4-9-30-18/h4,6-12,16H,3,5,23H2,1-2H3,(H2,24,29)(H2,25,26,27,28)/t12-,16+/m0/s1. The molecule has 158 valence electrons. The van der Waals surface area contributed by atoms with E-state index in [1.807, 2.05) is 13.8 Å². The number of pyridine rings is 2.